The number of hydrogen-bond donors (Lipinski definition) is 1. The Bertz CT molecular complexity index is 2700. The van der Waals surface area contributed by atoms with Crippen LogP contribution in [0.25, 0.3) is 11.1 Å². The summed E-state index contributed by atoms with van der Waals surface area (Å²) in [5, 5.41) is 0. The van der Waals surface area contributed by atoms with Crippen molar-refractivity contribution in [3.63, 3.8) is 0 Å². The normalized spacial score (nSPS) is 18.2. The summed E-state index contributed by atoms with van der Waals surface area (Å²) in [6.45, 7) is 19.5. The number of benzene rings is 3. The van der Waals surface area contributed by atoms with Crippen LogP contribution in [0, 0.1) is 5.41 Å². The van der Waals surface area contributed by atoms with E-state index in [1.165, 1.54) is 17.0 Å². The molecular formula is C55H69N3O6S+2. The molecule has 65 heavy (non-hydrogen) atoms. The molecule has 0 radical (unpaired) electrons. The van der Waals surface area contributed by atoms with Gasteiger partial charge in [-0.2, -0.15) is 13.0 Å². The summed E-state index contributed by atoms with van der Waals surface area (Å²) in [5.41, 5.74) is 11.3. The Balaban J connectivity index is 1.42. The third-order valence-corrected chi connectivity index (χ3v) is 14.2. The number of rotatable bonds is 17. The van der Waals surface area contributed by atoms with E-state index in [1.807, 2.05) is 17.7 Å². The van der Waals surface area contributed by atoms with Crippen LogP contribution >= 0.6 is 0 Å². The molecule has 0 spiro atoms. The van der Waals surface area contributed by atoms with Crippen LogP contribution in [0.3, 0.4) is 0 Å². The first-order valence-corrected chi connectivity index (χ1v) is 24.7. The topological polar surface area (TPSA) is 92.2 Å². The van der Waals surface area contributed by atoms with E-state index in [-0.39, 0.29) is 22.7 Å². The van der Waals surface area contributed by atoms with Crippen LogP contribution in [0.4, 0.5) is 11.4 Å². The number of nitrogens with zero attached hydrogens (tertiary/aromatic N) is 3. The molecule has 1 N–H and O–H groups in total. The summed E-state index contributed by atoms with van der Waals surface area (Å²) >= 11 is 0. The number of allylic oxidation sites excluding steroid dienone is 7. The van der Waals surface area contributed by atoms with E-state index in [0.29, 0.717) is 19.4 Å². The summed E-state index contributed by atoms with van der Waals surface area (Å²) in [7, 11) is 1.38. The van der Waals surface area contributed by atoms with Crippen molar-refractivity contribution in [2.75, 3.05) is 38.0 Å². The quantitative estimate of drug-likeness (QED) is 0.0641. The minimum absolute atomic E-state index is 0.272. The molecule has 4 aromatic rings. The molecule has 7 rings (SSSR count). The van der Waals surface area contributed by atoms with Crippen LogP contribution in [0.5, 0.6) is 11.5 Å². The summed E-state index contributed by atoms with van der Waals surface area (Å²) in [4.78, 5) is 2.29. The second-order valence-electron chi connectivity index (χ2n) is 19.8. The van der Waals surface area contributed by atoms with E-state index in [2.05, 4.69) is 168 Å². The number of unbranched alkanes of at least 4 members (excludes halogenated alkanes) is 3. The van der Waals surface area contributed by atoms with Gasteiger partial charge in [0, 0.05) is 81.7 Å². The molecule has 0 fully saturated rings. The van der Waals surface area contributed by atoms with Gasteiger partial charge in [-0.25, -0.2) is 4.57 Å². The average Bonchev–Trinajstić information content (AvgIpc) is 3.76. The Morgan fingerprint density at radius 1 is 0.800 bits per heavy atom. The van der Waals surface area contributed by atoms with Gasteiger partial charge in [-0.3, -0.25) is 4.55 Å². The molecule has 0 saturated heterocycles. The fraction of sp³-hybridized carbons (Fsp3) is 0.418. The minimum atomic E-state index is -4.07. The number of hydrogen-bond acceptors (Lipinski definition) is 6. The van der Waals surface area contributed by atoms with Gasteiger partial charge >= 0.3 is 0 Å². The maximum atomic E-state index is 11.7. The number of aryl methyl sites for hydroxylation is 1. The highest BCUT2D eigenvalue weighted by molar-refractivity contribution is 7.85. The van der Waals surface area contributed by atoms with Crippen LogP contribution in [-0.4, -0.2) is 56.3 Å². The SMILES string of the molecule is CCCCC[N+]1=C(/C=C/C2=C(OC(c3cc[n+](C)cc3)C(C)(C)C)C(=C/C=C3/N(CCCCS(=O)(=O)O)c4ccc(OC)cc4C3(C)C)/c3ccccc32)C(C)(C)c2cc(OC)ccc21. The predicted octanol–water partition coefficient (Wildman–Crippen LogP) is 11.6. The maximum absolute atomic E-state index is 11.7. The third kappa shape index (κ3) is 9.75. The lowest BCUT2D eigenvalue weighted by Crippen LogP contribution is -2.28. The van der Waals surface area contributed by atoms with Crippen molar-refractivity contribution in [3.8, 4) is 11.5 Å². The molecule has 3 heterocycles. The fourth-order valence-corrected chi connectivity index (χ4v) is 10.4. The first kappa shape index (κ1) is 47.5. The molecule has 1 aromatic heterocycles. The number of pyridine rings is 1. The monoisotopic (exact) mass is 899 g/mol. The zero-order valence-electron chi connectivity index (χ0n) is 40.4. The molecule has 10 heteroatoms. The Hall–Kier alpha value is -5.45. The van der Waals surface area contributed by atoms with E-state index in [4.69, 9.17) is 14.2 Å². The maximum Gasteiger partial charge on any atom is 0.264 e. The Kier molecular flexibility index (Phi) is 13.7. The van der Waals surface area contributed by atoms with Crippen molar-refractivity contribution in [1.29, 1.82) is 0 Å². The number of aromatic nitrogens is 1. The largest absolute Gasteiger partial charge is 0.497 e. The molecule has 0 bridgehead atoms. The zero-order chi connectivity index (χ0) is 46.9. The summed E-state index contributed by atoms with van der Waals surface area (Å²) in [6.07, 6.45) is 17.2. The molecular weight excluding hydrogens is 831 g/mol. The van der Waals surface area contributed by atoms with Crippen LogP contribution in [0.1, 0.15) is 121 Å². The van der Waals surface area contributed by atoms with Crippen molar-refractivity contribution in [1.82, 2.24) is 0 Å². The highest BCUT2D eigenvalue weighted by atomic mass is 32.2. The summed E-state index contributed by atoms with van der Waals surface area (Å²) in [6, 6.07) is 25.5. The standard InChI is InChI=1S/C55H68N3O6S/c1-12-13-16-31-57-47-25-21-39(62-10)36-45(47)54(5,6)49(57)27-23-43-41-19-14-15-20-42(41)44(51(43)64-52(53(2,3)4)38-29-33-56(9)34-30-38)24-28-50-55(7,8)46-37-40(63-11)22-26-48(46)58(50)32-17-18-35-65(59,60)61/h14-15,19-30,33-34,36-37,52H,12-13,16-18,31-32,35H2,1-11H3/q+1/p+1. The lowest BCUT2D eigenvalue weighted by Gasteiger charge is -2.32. The first-order chi connectivity index (χ1) is 30.8. The third-order valence-electron chi connectivity index (χ3n) is 13.4. The van der Waals surface area contributed by atoms with Crippen LogP contribution in [0.2, 0.25) is 0 Å². The van der Waals surface area contributed by atoms with E-state index in [9.17, 15) is 13.0 Å². The molecule has 3 aliphatic rings. The Labute approximate surface area is 388 Å². The highest BCUT2D eigenvalue weighted by Crippen LogP contribution is 2.51. The number of ether oxygens (including phenoxy) is 3. The summed E-state index contributed by atoms with van der Waals surface area (Å²) in [5.74, 6) is 2.17. The molecule has 0 saturated carbocycles. The van der Waals surface area contributed by atoms with Crippen molar-refractivity contribution in [2.24, 2.45) is 12.5 Å². The van der Waals surface area contributed by atoms with Gasteiger partial charge in [-0.05, 0) is 98.4 Å². The van der Waals surface area contributed by atoms with Gasteiger partial charge in [0.25, 0.3) is 10.1 Å². The van der Waals surface area contributed by atoms with Gasteiger partial charge < -0.3 is 19.1 Å². The van der Waals surface area contributed by atoms with Gasteiger partial charge in [0.2, 0.25) is 5.69 Å². The van der Waals surface area contributed by atoms with Gasteiger partial charge in [-0.1, -0.05) is 72.2 Å². The second kappa shape index (κ2) is 18.8. The van der Waals surface area contributed by atoms with Crippen molar-refractivity contribution >= 4 is 38.4 Å². The van der Waals surface area contributed by atoms with E-state index in [1.54, 1.807) is 14.2 Å². The fourth-order valence-electron chi connectivity index (χ4n) is 9.79. The van der Waals surface area contributed by atoms with Crippen LogP contribution in [0.15, 0.2) is 121 Å². The van der Waals surface area contributed by atoms with Gasteiger partial charge in [0.15, 0.2) is 18.1 Å². The highest BCUT2D eigenvalue weighted by Gasteiger charge is 2.45. The molecule has 1 unspecified atom stereocenters. The second-order valence-corrected chi connectivity index (χ2v) is 21.4. The number of methoxy groups -OCH3 is 2. The molecule has 344 valence electrons. The lowest BCUT2D eigenvalue weighted by atomic mass is 9.81. The first-order valence-electron chi connectivity index (χ1n) is 23.1. The van der Waals surface area contributed by atoms with E-state index >= 15 is 0 Å². The lowest BCUT2D eigenvalue weighted by molar-refractivity contribution is -0.671. The zero-order valence-corrected chi connectivity index (χ0v) is 41.2. The van der Waals surface area contributed by atoms with Gasteiger partial charge in [-0.15, -0.1) is 0 Å². The van der Waals surface area contributed by atoms with Crippen LogP contribution in [-0.2, 0) is 32.7 Å². The van der Waals surface area contributed by atoms with Crippen molar-refractivity contribution in [2.45, 2.75) is 104 Å². The summed E-state index contributed by atoms with van der Waals surface area (Å²) < 4.78 is 56.4. The molecule has 0 amide bonds. The minimum Gasteiger partial charge on any atom is -0.497 e. The van der Waals surface area contributed by atoms with Crippen LogP contribution < -0.4 is 18.9 Å². The number of fused-ring (bicyclic) bond motifs is 3. The van der Waals surface area contributed by atoms with Crippen molar-refractivity contribution in [3.05, 3.63) is 149 Å². The predicted molar refractivity (Wildman–Crippen MR) is 264 cm³/mol. The van der Waals surface area contributed by atoms with E-state index < -0.39 is 15.5 Å². The van der Waals surface area contributed by atoms with Crippen molar-refractivity contribution < 1.29 is 36.3 Å². The molecule has 1 atom stereocenters. The van der Waals surface area contributed by atoms with E-state index in [0.717, 1.165) is 87.8 Å². The smallest absolute Gasteiger partial charge is 0.264 e. The molecule has 2 aliphatic heterocycles. The number of anilines is 1. The van der Waals surface area contributed by atoms with Gasteiger partial charge in [0.1, 0.15) is 37.0 Å². The average molecular weight is 900 g/mol. The Morgan fingerprint density at radius 2 is 1.46 bits per heavy atom. The molecule has 3 aromatic carbocycles. The van der Waals surface area contributed by atoms with Gasteiger partial charge in [0.05, 0.1) is 25.4 Å². The molecule has 1 aliphatic carbocycles. The Morgan fingerprint density at radius 3 is 2.11 bits per heavy atom. The molecule has 9 nitrogen and oxygen atoms in total.